The zero-order valence-corrected chi connectivity index (χ0v) is 15.7. The number of alkyl halides is 2. The van der Waals surface area contributed by atoms with Crippen molar-refractivity contribution in [2.24, 2.45) is 0 Å². The molecule has 0 radical (unpaired) electrons. The Morgan fingerprint density at radius 3 is 2.85 bits per heavy atom. The lowest BCUT2D eigenvalue weighted by Crippen LogP contribution is -2.15. The minimum Gasteiger partial charge on any atom is -0.481 e. The van der Waals surface area contributed by atoms with Gasteiger partial charge in [-0.2, -0.15) is 4.98 Å². The van der Waals surface area contributed by atoms with Crippen LogP contribution in [0, 0.1) is 0 Å². The van der Waals surface area contributed by atoms with Crippen molar-refractivity contribution in [2.45, 2.75) is 17.7 Å². The molecule has 1 aromatic carbocycles. The number of hydrogen-bond donors (Lipinski definition) is 2. The largest absolute Gasteiger partial charge is 0.481 e. The number of benzene rings is 1. The molecule has 0 spiro atoms. The van der Waals surface area contributed by atoms with E-state index in [-0.39, 0.29) is 22.3 Å². The highest BCUT2D eigenvalue weighted by Gasteiger charge is 2.21. The van der Waals surface area contributed by atoms with Gasteiger partial charge in [0.25, 0.3) is 10.0 Å². The Morgan fingerprint density at radius 2 is 2.15 bits per heavy atom. The van der Waals surface area contributed by atoms with Crippen LogP contribution in [-0.4, -0.2) is 36.9 Å². The lowest BCUT2D eigenvalue weighted by Gasteiger charge is -2.10. The number of methoxy groups -OCH3 is 1. The molecule has 0 aliphatic heterocycles. The highest BCUT2D eigenvalue weighted by molar-refractivity contribution is 9.10. The summed E-state index contributed by atoms with van der Waals surface area (Å²) in [6.07, 6.45) is -0.724. The molecule has 0 unspecified atom stereocenters. The van der Waals surface area contributed by atoms with Crippen LogP contribution in [0.3, 0.4) is 0 Å². The number of nitrogens with zero attached hydrogens (tertiary/aromatic N) is 2. The van der Waals surface area contributed by atoms with E-state index in [9.17, 15) is 17.2 Å². The van der Waals surface area contributed by atoms with Crippen LogP contribution in [-0.2, 0) is 16.4 Å². The first-order valence-electron chi connectivity index (χ1n) is 7.27. The Morgan fingerprint density at radius 1 is 1.38 bits per heavy atom. The fourth-order valence-corrected chi connectivity index (χ4v) is 3.88. The standard InChI is InChI=1S/C15H13BrF2N4O3S/c1-25-14-8(4-13(17)18)6-20-15(21-14)22-26(23,24)12-7-19-11-5-9(16)2-3-10(11)12/h2-3,5-7,13,19H,4H2,1H3,(H,20,21,22). The first-order valence-corrected chi connectivity index (χ1v) is 9.55. The van der Waals surface area contributed by atoms with Crippen molar-refractivity contribution in [1.82, 2.24) is 15.0 Å². The first kappa shape index (κ1) is 18.5. The molecule has 0 aliphatic rings. The van der Waals surface area contributed by atoms with Crippen LogP contribution in [0.15, 0.2) is 40.0 Å². The molecule has 0 bridgehead atoms. The predicted octanol–water partition coefficient (Wildman–Crippen LogP) is 3.34. The summed E-state index contributed by atoms with van der Waals surface area (Å²) in [6.45, 7) is 0. The Hall–Kier alpha value is -2.27. The maximum atomic E-state index is 12.6. The van der Waals surface area contributed by atoms with Gasteiger partial charge in [0.2, 0.25) is 18.3 Å². The van der Waals surface area contributed by atoms with E-state index in [1.54, 1.807) is 18.2 Å². The predicted molar refractivity (Wildman–Crippen MR) is 95.1 cm³/mol. The minimum atomic E-state index is -4.00. The topological polar surface area (TPSA) is 97.0 Å². The summed E-state index contributed by atoms with van der Waals surface area (Å²) in [4.78, 5) is 10.5. The number of anilines is 1. The number of H-pyrrole nitrogens is 1. The van der Waals surface area contributed by atoms with Crippen LogP contribution in [0.25, 0.3) is 10.9 Å². The van der Waals surface area contributed by atoms with Crippen molar-refractivity contribution >= 4 is 42.8 Å². The third-order valence-electron chi connectivity index (χ3n) is 3.51. The smallest absolute Gasteiger partial charge is 0.266 e. The number of rotatable bonds is 6. The van der Waals surface area contributed by atoms with Crippen molar-refractivity contribution in [1.29, 1.82) is 0 Å². The van der Waals surface area contributed by atoms with Gasteiger partial charge in [-0.05, 0) is 12.1 Å². The molecule has 0 atom stereocenters. The number of aromatic nitrogens is 3. The third-order valence-corrected chi connectivity index (χ3v) is 5.37. The number of nitrogens with one attached hydrogen (secondary N) is 2. The van der Waals surface area contributed by atoms with Gasteiger partial charge in [0.1, 0.15) is 4.90 Å². The number of halogens is 3. The molecule has 11 heteroatoms. The number of ether oxygens (including phenoxy) is 1. The van der Waals surface area contributed by atoms with E-state index in [2.05, 4.69) is 35.6 Å². The van der Waals surface area contributed by atoms with E-state index in [0.717, 1.165) is 10.7 Å². The molecule has 0 saturated heterocycles. The van der Waals surface area contributed by atoms with Gasteiger partial charge in [0.15, 0.2) is 0 Å². The quantitative estimate of drug-likeness (QED) is 0.604. The lowest BCUT2D eigenvalue weighted by molar-refractivity contribution is 0.147. The average molecular weight is 447 g/mol. The van der Waals surface area contributed by atoms with Gasteiger partial charge in [-0.25, -0.2) is 26.9 Å². The maximum absolute atomic E-state index is 12.6. The van der Waals surface area contributed by atoms with Crippen LogP contribution >= 0.6 is 15.9 Å². The van der Waals surface area contributed by atoms with Gasteiger partial charge in [-0.1, -0.05) is 22.0 Å². The zero-order chi connectivity index (χ0) is 18.9. The van der Waals surface area contributed by atoms with Crippen LogP contribution in [0.4, 0.5) is 14.7 Å². The fourth-order valence-electron chi connectivity index (χ4n) is 2.39. The van der Waals surface area contributed by atoms with Gasteiger partial charge in [0, 0.05) is 39.8 Å². The number of aromatic amines is 1. The van der Waals surface area contributed by atoms with Gasteiger partial charge in [0.05, 0.1) is 7.11 Å². The molecule has 2 N–H and O–H groups in total. The van der Waals surface area contributed by atoms with E-state index in [0.29, 0.717) is 10.9 Å². The second kappa shape index (κ2) is 7.16. The molecule has 138 valence electrons. The van der Waals surface area contributed by atoms with Crippen LogP contribution in [0.1, 0.15) is 5.56 Å². The molecule has 0 fully saturated rings. The summed E-state index contributed by atoms with van der Waals surface area (Å²) < 4.78 is 58.3. The van der Waals surface area contributed by atoms with Crippen molar-refractivity contribution in [2.75, 3.05) is 11.8 Å². The third kappa shape index (κ3) is 3.78. The van der Waals surface area contributed by atoms with E-state index in [1.807, 2.05) is 0 Å². The van der Waals surface area contributed by atoms with Crippen LogP contribution < -0.4 is 9.46 Å². The second-order valence-corrected chi connectivity index (χ2v) is 7.84. The van der Waals surface area contributed by atoms with Crippen molar-refractivity contribution < 1.29 is 21.9 Å². The molecule has 7 nitrogen and oxygen atoms in total. The van der Waals surface area contributed by atoms with Gasteiger partial charge >= 0.3 is 0 Å². The van der Waals surface area contributed by atoms with Crippen molar-refractivity contribution in [3.63, 3.8) is 0 Å². The number of hydrogen-bond acceptors (Lipinski definition) is 5. The van der Waals surface area contributed by atoms with Crippen LogP contribution in [0.5, 0.6) is 5.88 Å². The normalized spacial score (nSPS) is 11.9. The molecular formula is C15H13BrF2N4O3S. The van der Waals surface area contributed by atoms with E-state index < -0.39 is 22.9 Å². The highest BCUT2D eigenvalue weighted by atomic mass is 79.9. The second-order valence-electron chi connectivity index (χ2n) is 5.27. The highest BCUT2D eigenvalue weighted by Crippen LogP contribution is 2.27. The van der Waals surface area contributed by atoms with E-state index in [1.165, 1.54) is 13.3 Å². The summed E-state index contributed by atoms with van der Waals surface area (Å²) in [5, 5.41) is 0.488. The summed E-state index contributed by atoms with van der Waals surface area (Å²) in [7, 11) is -2.74. The molecule has 2 heterocycles. The monoisotopic (exact) mass is 446 g/mol. The molecule has 3 rings (SSSR count). The molecule has 3 aromatic rings. The van der Waals surface area contributed by atoms with Gasteiger partial charge < -0.3 is 9.72 Å². The average Bonchev–Trinajstić information content (AvgIpc) is 2.99. The van der Waals surface area contributed by atoms with E-state index in [4.69, 9.17) is 4.74 Å². The number of fused-ring (bicyclic) bond motifs is 1. The molecule has 2 aromatic heterocycles. The Balaban J connectivity index is 1.94. The summed E-state index contributed by atoms with van der Waals surface area (Å²) in [5.74, 6) is -0.382. The minimum absolute atomic E-state index is 0.0132. The number of sulfonamides is 1. The lowest BCUT2D eigenvalue weighted by atomic mass is 10.2. The Labute approximate surface area is 156 Å². The summed E-state index contributed by atoms with van der Waals surface area (Å²) in [6, 6.07) is 5.11. The molecule has 0 aliphatic carbocycles. The fraction of sp³-hybridized carbons (Fsp3) is 0.200. The van der Waals surface area contributed by atoms with Gasteiger partial charge in [-0.15, -0.1) is 0 Å². The molecule has 0 saturated carbocycles. The maximum Gasteiger partial charge on any atom is 0.266 e. The van der Waals surface area contributed by atoms with Crippen LogP contribution in [0.2, 0.25) is 0 Å². The molecule has 26 heavy (non-hydrogen) atoms. The molecule has 0 amide bonds. The SMILES string of the molecule is COc1nc(NS(=O)(=O)c2c[nH]c3cc(Br)ccc23)ncc1CC(F)F. The Bertz CT molecular complexity index is 1060. The van der Waals surface area contributed by atoms with Crippen molar-refractivity contribution in [3.8, 4) is 5.88 Å². The van der Waals surface area contributed by atoms with E-state index >= 15 is 0 Å². The van der Waals surface area contributed by atoms with Gasteiger partial charge in [-0.3, -0.25) is 0 Å². The Kier molecular flexibility index (Phi) is 5.10. The summed E-state index contributed by atoms with van der Waals surface area (Å²) >= 11 is 3.31. The van der Waals surface area contributed by atoms with Crippen molar-refractivity contribution in [3.05, 3.63) is 40.6 Å². The molecular weight excluding hydrogens is 434 g/mol. The summed E-state index contributed by atoms with van der Waals surface area (Å²) in [5.41, 5.74) is 0.716. The zero-order valence-electron chi connectivity index (χ0n) is 13.3. The first-order chi connectivity index (χ1) is 12.3.